The zero-order valence-corrected chi connectivity index (χ0v) is 22.6. The summed E-state index contributed by atoms with van der Waals surface area (Å²) in [6.07, 6.45) is 3.68. The maximum atomic E-state index is 15.0. The summed E-state index contributed by atoms with van der Waals surface area (Å²) < 4.78 is 35.6. The van der Waals surface area contributed by atoms with Crippen LogP contribution in [-0.4, -0.2) is 82.3 Å². The van der Waals surface area contributed by atoms with Crippen LogP contribution in [0, 0.1) is 11.7 Å². The van der Waals surface area contributed by atoms with Crippen molar-refractivity contribution in [2.75, 3.05) is 32.8 Å². The molecule has 10 heteroatoms. The minimum absolute atomic E-state index is 0.0314. The van der Waals surface area contributed by atoms with Gasteiger partial charge in [0.2, 0.25) is 11.8 Å². The number of likely N-dealkylation sites (tertiary alicyclic amines) is 2. The molecule has 2 fully saturated rings. The third kappa shape index (κ3) is 6.91. The molecule has 0 spiro atoms. The van der Waals surface area contributed by atoms with Crippen molar-refractivity contribution in [2.45, 2.75) is 63.8 Å². The van der Waals surface area contributed by atoms with E-state index in [0.29, 0.717) is 43.4 Å². The van der Waals surface area contributed by atoms with E-state index in [0.717, 1.165) is 32.0 Å². The third-order valence-corrected chi connectivity index (χ3v) is 8.08. The molecule has 0 bridgehead atoms. The minimum Gasteiger partial charge on any atom is -0.477 e. The number of rotatable bonds is 10. The molecule has 2 aliphatic heterocycles. The van der Waals surface area contributed by atoms with Gasteiger partial charge in [-0.2, -0.15) is 0 Å². The van der Waals surface area contributed by atoms with Crippen molar-refractivity contribution >= 4 is 11.8 Å². The summed E-state index contributed by atoms with van der Waals surface area (Å²) in [4.78, 5) is 32.2. The van der Waals surface area contributed by atoms with Gasteiger partial charge in [-0.05, 0) is 62.9 Å². The zero-order chi connectivity index (χ0) is 28.2. The maximum absolute atomic E-state index is 15.0. The van der Waals surface area contributed by atoms with Gasteiger partial charge in [-0.1, -0.05) is 19.9 Å². The van der Waals surface area contributed by atoms with E-state index in [9.17, 15) is 23.5 Å². The highest BCUT2D eigenvalue weighted by molar-refractivity contribution is 5.98. The van der Waals surface area contributed by atoms with E-state index >= 15 is 0 Å². The molecule has 8 nitrogen and oxygen atoms in total. The molecule has 1 aromatic heterocycles. The molecule has 3 N–H and O–H groups in total. The topological polar surface area (TPSA) is 109 Å². The number of nitrogens with zero attached hydrogens (tertiary/aromatic N) is 3. The first kappa shape index (κ1) is 28.9. The minimum atomic E-state index is -1.12. The van der Waals surface area contributed by atoms with Crippen LogP contribution in [0.25, 0.3) is 11.1 Å². The average Bonchev–Trinajstić information content (AvgIpc) is 3.34. The van der Waals surface area contributed by atoms with Crippen LogP contribution in [0.5, 0.6) is 5.88 Å². The number of halogens is 2. The molecule has 2 aliphatic rings. The van der Waals surface area contributed by atoms with E-state index in [1.165, 1.54) is 23.2 Å². The SMILES string of the molecule is CCC(F)(CC)CN1CCC(COc2ccc(-c3ccc(C(=O)N4C[C@H](O)CC4C(N)=O)cc3F)cn2)CC1. The molecular formula is C29H38F2N4O4. The smallest absolute Gasteiger partial charge is 0.254 e. The molecule has 39 heavy (non-hydrogen) atoms. The van der Waals surface area contributed by atoms with Crippen LogP contribution in [-0.2, 0) is 4.79 Å². The Hall–Kier alpha value is -3.11. The van der Waals surface area contributed by atoms with Gasteiger partial charge in [-0.25, -0.2) is 13.8 Å². The van der Waals surface area contributed by atoms with Gasteiger partial charge in [0.1, 0.15) is 17.5 Å². The van der Waals surface area contributed by atoms with Gasteiger partial charge in [0.15, 0.2) is 0 Å². The second-order valence-electron chi connectivity index (χ2n) is 10.7. The molecule has 4 rings (SSSR count). The number of benzene rings is 1. The number of alkyl halides is 1. The largest absolute Gasteiger partial charge is 0.477 e. The molecule has 1 aromatic carbocycles. The number of amides is 2. The van der Waals surface area contributed by atoms with Gasteiger partial charge in [0.25, 0.3) is 5.91 Å². The maximum Gasteiger partial charge on any atom is 0.254 e. The molecule has 2 atom stereocenters. The van der Waals surface area contributed by atoms with Crippen molar-refractivity contribution in [2.24, 2.45) is 11.7 Å². The van der Waals surface area contributed by atoms with Crippen molar-refractivity contribution in [1.29, 1.82) is 0 Å². The number of hydrogen-bond acceptors (Lipinski definition) is 6. The molecule has 212 valence electrons. The molecular weight excluding hydrogens is 506 g/mol. The van der Waals surface area contributed by atoms with Crippen LogP contribution in [0.1, 0.15) is 56.3 Å². The predicted octanol–water partition coefficient (Wildman–Crippen LogP) is 3.57. The Morgan fingerprint density at radius 3 is 2.49 bits per heavy atom. The van der Waals surface area contributed by atoms with E-state index in [4.69, 9.17) is 10.5 Å². The van der Waals surface area contributed by atoms with E-state index in [1.54, 1.807) is 12.1 Å². The lowest BCUT2D eigenvalue weighted by Gasteiger charge is -2.36. The van der Waals surface area contributed by atoms with Crippen molar-refractivity contribution in [3.8, 4) is 17.0 Å². The number of β-amino-alcohol motifs (C(OH)–C–C–N with tert-alkyl or cyclic N) is 1. The van der Waals surface area contributed by atoms with Crippen LogP contribution in [0.2, 0.25) is 0 Å². The number of pyridine rings is 1. The highest BCUT2D eigenvalue weighted by atomic mass is 19.1. The van der Waals surface area contributed by atoms with E-state index < -0.39 is 35.4 Å². The van der Waals surface area contributed by atoms with Crippen molar-refractivity contribution in [3.63, 3.8) is 0 Å². The van der Waals surface area contributed by atoms with Crippen LogP contribution >= 0.6 is 0 Å². The number of nitrogens with two attached hydrogens (primary N) is 1. The number of aliphatic hydroxyl groups excluding tert-OH is 1. The van der Waals surface area contributed by atoms with Crippen LogP contribution in [0.4, 0.5) is 8.78 Å². The Morgan fingerprint density at radius 1 is 1.18 bits per heavy atom. The fourth-order valence-corrected chi connectivity index (χ4v) is 5.37. The van der Waals surface area contributed by atoms with E-state index in [-0.39, 0.29) is 24.1 Å². The van der Waals surface area contributed by atoms with Crippen LogP contribution in [0.3, 0.4) is 0 Å². The Kier molecular flexibility index (Phi) is 9.17. The molecule has 0 saturated carbocycles. The standard InChI is InChI=1S/C29H38F2N4O4/c1-3-29(31,4-2)18-34-11-9-19(10-12-34)17-39-26-8-6-21(15-33-26)23-7-5-20(13-24(23)30)28(38)35-16-22(36)14-25(35)27(32)37/h5-8,13,15,19,22,25,36H,3-4,9-12,14,16-18H2,1-2H3,(H2,32,37)/t22-,25?/m1/s1. The number of carbonyl (C=O) groups excluding carboxylic acids is 2. The van der Waals surface area contributed by atoms with Crippen molar-refractivity contribution in [1.82, 2.24) is 14.8 Å². The van der Waals surface area contributed by atoms with Gasteiger partial charge in [-0.15, -0.1) is 0 Å². The first-order chi connectivity index (χ1) is 18.6. The molecule has 2 aromatic rings. The Labute approximate surface area is 228 Å². The Bertz CT molecular complexity index is 1150. The quantitative estimate of drug-likeness (QED) is 0.474. The second kappa shape index (κ2) is 12.4. The molecule has 2 saturated heterocycles. The summed E-state index contributed by atoms with van der Waals surface area (Å²) in [6, 6.07) is 6.56. The number of piperidine rings is 1. The lowest BCUT2D eigenvalue weighted by Crippen LogP contribution is -2.44. The van der Waals surface area contributed by atoms with E-state index in [1.807, 2.05) is 13.8 Å². The Balaban J connectivity index is 1.31. The van der Waals surface area contributed by atoms with Gasteiger partial charge < -0.3 is 25.4 Å². The normalized spacial score (nSPS) is 20.8. The fraction of sp³-hybridized carbons (Fsp3) is 0.552. The number of ether oxygens (including phenoxy) is 1. The molecule has 1 unspecified atom stereocenters. The van der Waals surface area contributed by atoms with E-state index in [2.05, 4.69) is 9.88 Å². The van der Waals surface area contributed by atoms with Crippen LogP contribution < -0.4 is 10.5 Å². The van der Waals surface area contributed by atoms with Gasteiger partial charge in [0.05, 0.1) is 12.7 Å². The molecule has 0 radical (unpaired) electrons. The fourth-order valence-electron chi connectivity index (χ4n) is 5.37. The number of hydrogen-bond donors (Lipinski definition) is 2. The average molecular weight is 545 g/mol. The summed E-state index contributed by atoms with van der Waals surface area (Å²) in [6.45, 7) is 6.48. The number of aliphatic hydroxyl groups is 1. The van der Waals surface area contributed by atoms with Crippen molar-refractivity contribution < 1.29 is 28.2 Å². The number of aromatic nitrogens is 1. The molecule has 3 heterocycles. The third-order valence-electron chi connectivity index (χ3n) is 8.08. The van der Waals surface area contributed by atoms with Crippen molar-refractivity contribution in [3.05, 3.63) is 47.9 Å². The Morgan fingerprint density at radius 2 is 1.90 bits per heavy atom. The summed E-state index contributed by atoms with van der Waals surface area (Å²) in [5.74, 6) is -1.07. The molecule has 2 amide bonds. The second-order valence-corrected chi connectivity index (χ2v) is 10.7. The first-order valence-electron chi connectivity index (χ1n) is 13.7. The number of carbonyl (C=O) groups is 2. The highest BCUT2D eigenvalue weighted by Gasteiger charge is 2.38. The van der Waals surface area contributed by atoms with Gasteiger partial charge in [0, 0.05) is 48.5 Å². The number of primary amides is 1. The summed E-state index contributed by atoms with van der Waals surface area (Å²) >= 11 is 0. The molecule has 0 aliphatic carbocycles. The lowest BCUT2D eigenvalue weighted by atomic mass is 9.94. The highest BCUT2D eigenvalue weighted by Crippen LogP contribution is 2.28. The summed E-state index contributed by atoms with van der Waals surface area (Å²) in [5, 5.41) is 9.85. The zero-order valence-electron chi connectivity index (χ0n) is 22.6. The first-order valence-corrected chi connectivity index (χ1v) is 13.7. The van der Waals surface area contributed by atoms with Gasteiger partial charge >= 0.3 is 0 Å². The summed E-state index contributed by atoms with van der Waals surface area (Å²) in [5.41, 5.74) is 5.11. The monoisotopic (exact) mass is 544 g/mol. The van der Waals surface area contributed by atoms with Crippen LogP contribution in [0.15, 0.2) is 36.5 Å². The predicted molar refractivity (Wildman–Crippen MR) is 143 cm³/mol. The lowest BCUT2D eigenvalue weighted by molar-refractivity contribution is -0.121. The van der Waals surface area contributed by atoms with Gasteiger partial charge in [-0.3, -0.25) is 9.59 Å². The summed E-state index contributed by atoms with van der Waals surface area (Å²) in [7, 11) is 0.